The molecule has 0 radical (unpaired) electrons. The Labute approximate surface area is 205 Å². The molecule has 2 N–H and O–H groups in total. The number of amides is 1. The number of hydrogen-bond acceptors (Lipinski definition) is 7. The molecule has 0 aliphatic heterocycles. The molecule has 3 aromatic heterocycles. The number of carboxylic acids is 1. The third-order valence-electron chi connectivity index (χ3n) is 6.15. The first-order chi connectivity index (χ1) is 16.8. The molecule has 1 saturated carbocycles. The Kier molecular flexibility index (Phi) is 5.61. The van der Waals surface area contributed by atoms with Gasteiger partial charge < -0.3 is 18.7 Å². The second kappa shape index (κ2) is 8.64. The highest BCUT2D eigenvalue weighted by Gasteiger charge is 2.54. The van der Waals surface area contributed by atoms with Gasteiger partial charge in [-0.3, -0.25) is 10.1 Å². The van der Waals surface area contributed by atoms with Gasteiger partial charge in [-0.15, -0.1) is 0 Å². The minimum atomic E-state index is -0.933. The van der Waals surface area contributed by atoms with E-state index in [0.29, 0.717) is 41.1 Å². The SMILES string of the molecule is Cc1ccccc1C(C)OC(=O)Nc1c(C#Cc2cc3cc(C4(C(=O)O)CC4)oc3o2)nsc1C. The van der Waals surface area contributed by atoms with Crippen LogP contribution in [0.2, 0.25) is 0 Å². The van der Waals surface area contributed by atoms with E-state index in [-0.39, 0.29) is 5.78 Å². The summed E-state index contributed by atoms with van der Waals surface area (Å²) in [5, 5.41) is 12.8. The molecule has 1 aliphatic rings. The summed E-state index contributed by atoms with van der Waals surface area (Å²) >= 11 is 1.22. The van der Waals surface area contributed by atoms with E-state index in [9.17, 15) is 14.7 Å². The number of carbonyl (C=O) groups is 2. The van der Waals surface area contributed by atoms with Gasteiger partial charge in [0.2, 0.25) is 0 Å². The van der Waals surface area contributed by atoms with E-state index in [2.05, 4.69) is 21.5 Å². The maximum absolute atomic E-state index is 12.6. The molecule has 8 nitrogen and oxygen atoms in total. The van der Waals surface area contributed by atoms with Crippen LogP contribution in [0, 0.1) is 25.7 Å². The average Bonchev–Trinajstić information content (AvgIpc) is 3.25. The molecule has 3 heterocycles. The van der Waals surface area contributed by atoms with Crippen molar-refractivity contribution in [3.05, 3.63) is 69.6 Å². The number of aliphatic carboxylic acids is 1. The number of furan rings is 2. The maximum Gasteiger partial charge on any atom is 0.412 e. The summed E-state index contributed by atoms with van der Waals surface area (Å²) in [5.41, 5.74) is 1.92. The van der Waals surface area contributed by atoms with E-state index in [4.69, 9.17) is 13.6 Å². The second-order valence-corrected chi connectivity index (χ2v) is 9.57. The lowest BCUT2D eigenvalue weighted by molar-refractivity contribution is -0.140. The van der Waals surface area contributed by atoms with Gasteiger partial charge in [0.05, 0.1) is 11.1 Å². The lowest BCUT2D eigenvalue weighted by Crippen LogP contribution is -2.18. The smallest absolute Gasteiger partial charge is 0.412 e. The molecule has 0 bridgehead atoms. The van der Waals surface area contributed by atoms with Crippen molar-refractivity contribution < 1.29 is 28.3 Å². The van der Waals surface area contributed by atoms with Crippen molar-refractivity contribution in [3.63, 3.8) is 0 Å². The van der Waals surface area contributed by atoms with Crippen molar-refractivity contribution in [1.29, 1.82) is 0 Å². The highest BCUT2D eigenvalue weighted by atomic mass is 32.1. The summed E-state index contributed by atoms with van der Waals surface area (Å²) in [6.45, 7) is 5.62. The van der Waals surface area contributed by atoms with Crippen LogP contribution < -0.4 is 5.32 Å². The van der Waals surface area contributed by atoms with E-state index in [1.165, 1.54) is 11.5 Å². The summed E-state index contributed by atoms with van der Waals surface area (Å²) in [7, 11) is 0. The number of nitrogens with one attached hydrogen (secondary N) is 1. The number of fused-ring (bicyclic) bond motifs is 1. The molecular formula is C26H22N2O6S. The van der Waals surface area contributed by atoms with Crippen molar-refractivity contribution >= 4 is 40.4 Å². The first kappa shape index (κ1) is 22.7. The van der Waals surface area contributed by atoms with E-state index in [1.54, 1.807) is 12.1 Å². The Bertz CT molecular complexity index is 1480. The van der Waals surface area contributed by atoms with Gasteiger partial charge in [0.1, 0.15) is 17.3 Å². The monoisotopic (exact) mass is 490 g/mol. The third kappa shape index (κ3) is 4.29. The molecule has 35 heavy (non-hydrogen) atoms. The zero-order valence-electron chi connectivity index (χ0n) is 19.3. The fourth-order valence-electron chi connectivity index (χ4n) is 3.95. The normalized spacial score (nSPS) is 14.7. The van der Waals surface area contributed by atoms with Gasteiger partial charge in [-0.05, 0) is 74.2 Å². The van der Waals surface area contributed by atoms with Crippen molar-refractivity contribution in [2.75, 3.05) is 5.32 Å². The minimum absolute atomic E-state index is 0.235. The van der Waals surface area contributed by atoms with Crippen LogP contribution in [0.5, 0.6) is 0 Å². The summed E-state index contributed by atoms with van der Waals surface area (Å²) in [5.74, 6) is 5.91. The van der Waals surface area contributed by atoms with Crippen LogP contribution in [0.1, 0.15) is 59.1 Å². The number of carbonyl (C=O) groups excluding carboxylic acids is 1. The Balaban J connectivity index is 1.30. The van der Waals surface area contributed by atoms with Crippen molar-refractivity contribution in [2.45, 2.75) is 45.1 Å². The zero-order valence-corrected chi connectivity index (χ0v) is 20.1. The van der Waals surface area contributed by atoms with Gasteiger partial charge in [-0.25, -0.2) is 4.79 Å². The largest absolute Gasteiger partial charge is 0.480 e. The molecule has 4 aromatic rings. The molecule has 1 fully saturated rings. The van der Waals surface area contributed by atoms with Gasteiger partial charge in [0.25, 0.3) is 5.78 Å². The average molecular weight is 491 g/mol. The molecule has 178 valence electrons. The fourth-order valence-corrected chi connectivity index (χ4v) is 4.56. The van der Waals surface area contributed by atoms with Crippen LogP contribution >= 0.6 is 11.5 Å². The number of aromatic nitrogens is 1. The first-order valence-corrected chi connectivity index (χ1v) is 11.8. The van der Waals surface area contributed by atoms with Crippen LogP contribution in [-0.4, -0.2) is 21.5 Å². The maximum atomic E-state index is 12.6. The van der Waals surface area contributed by atoms with E-state index in [0.717, 1.165) is 16.0 Å². The predicted molar refractivity (Wildman–Crippen MR) is 130 cm³/mol. The highest BCUT2D eigenvalue weighted by molar-refractivity contribution is 7.06. The number of hydrogen-bond donors (Lipinski definition) is 2. The molecule has 5 rings (SSSR count). The van der Waals surface area contributed by atoms with Crippen LogP contribution in [0.15, 0.2) is 45.2 Å². The molecule has 1 aliphatic carbocycles. The van der Waals surface area contributed by atoms with Crippen LogP contribution in [0.4, 0.5) is 10.5 Å². The lowest BCUT2D eigenvalue weighted by atomic mass is 10.0. The summed E-state index contributed by atoms with van der Waals surface area (Å²) in [6, 6.07) is 11.1. The lowest BCUT2D eigenvalue weighted by Gasteiger charge is -2.16. The molecule has 0 saturated heterocycles. The van der Waals surface area contributed by atoms with Crippen LogP contribution in [-0.2, 0) is 14.9 Å². The molecule has 9 heteroatoms. The Morgan fingerprint density at radius 3 is 2.66 bits per heavy atom. The van der Waals surface area contributed by atoms with E-state index in [1.807, 2.05) is 45.0 Å². The highest BCUT2D eigenvalue weighted by Crippen LogP contribution is 2.50. The molecule has 1 unspecified atom stereocenters. The summed E-state index contributed by atoms with van der Waals surface area (Å²) in [4.78, 5) is 24.9. The standard InChI is InChI=1S/C26H22N2O6S/c1-14-6-4-5-7-19(14)15(2)32-25(31)27-22-16(3)35-28-20(22)9-8-18-12-17-13-21(34-23(17)33-18)26(10-11-26)24(29)30/h4-7,12-13,15H,10-11H2,1-3H3,(H,27,31)(H,29,30). The Hall–Kier alpha value is -4.03. The third-order valence-corrected chi connectivity index (χ3v) is 6.90. The van der Waals surface area contributed by atoms with Gasteiger partial charge >= 0.3 is 12.1 Å². The number of anilines is 1. The van der Waals surface area contributed by atoms with Crippen LogP contribution in [0.25, 0.3) is 11.2 Å². The molecule has 0 spiro atoms. The second-order valence-electron chi connectivity index (χ2n) is 8.59. The molecule has 1 amide bonds. The molecule has 1 aromatic carbocycles. The minimum Gasteiger partial charge on any atom is -0.480 e. The van der Waals surface area contributed by atoms with E-state index >= 15 is 0 Å². The predicted octanol–water partition coefficient (Wildman–Crippen LogP) is 5.92. The quantitative estimate of drug-likeness (QED) is 0.333. The topological polar surface area (TPSA) is 115 Å². The molecular weight excluding hydrogens is 468 g/mol. The summed E-state index contributed by atoms with van der Waals surface area (Å²) < 4.78 is 21.2. The Morgan fingerprint density at radius 2 is 1.97 bits per heavy atom. The number of carboxylic acid groups (broad SMARTS) is 1. The van der Waals surface area contributed by atoms with Gasteiger partial charge in [0.15, 0.2) is 11.5 Å². The number of rotatable bonds is 5. The number of benzene rings is 1. The van der Waals surface area contributed by atoms with Crippen molar-refractivity contribution in [3.8, 4) is 11.8 Å². The van der Waals surface area contributed by atoms with E-state index < -0.39 is 23.6 Å². The number of aryl methyl sites for hydroxylation is 2. The van der Waals surface area contributed by atoms with Crippen molar-refractivity contribution in [2.24, 2.45) is 0 Å². The van der Waals surface area contributed by atoms with Gasteiger partial charge in [-0.1, -0.05) is 24.3 Å². The van der Waals surface area contributed by atoms with Crippen LogP contribution in [0.3, 0.4) is 0 Å². The first-order valence-electron chi connectivity index (χ1n) is 11.1. The van der Waals surface area contributed by atoms with Gasteiger partial charge in [0, 0.05) is 10.9 Å². The Morgan fingerprint density at radius 1 is 1.20 bits per heavy atom. The van der Waals surface area contributed by atoms with Gasteiger partial charge in [-0.2, -0.15) is 4.37 Å². The molecule has 1 atom stereocenters. The number of nitrogens with zero attached hydrogens (tertiary/aromatic N) is 1. The van der Waals surface area contributed by atoms with Crippen molar-refractivity contribution in [1.82, 2.24) is 4.37 Å². The fraction of sp³-hybridized carbons (Fsp3) is 0.269. The summed E-state index contributed by atoms with van der Waals surface area (Å²) in [6.07, 6.45) is 0.0893. The zero-order chi connectivity index (χ0) is 24.7. The number of ether oxygens (including phenoxy) is 1.